The van der Waals surface area contributed by atoms with Crippen molar-refractivity contribution in [3.8, 4) is 0 Å². The average molecular weight is 301 g/mol. The third-order valence-electron chi connectivity index (χ3n) is 3.68. The van der Waals surface area contributed by atoms with Crippen molar-refractivity contribution in [3.05, 3.63) is 11.4 Å². The zero-order chi connectivity index (χ0) is 14.8. The van der Waals surface area contributed by atoms with Gasteiger partial charge >= 0.3 is 0 Å². The number of aromatic amines is 1. The van der Waals surface area contributed by atoms with E-state index in [0.717, 1.165) is 19.6 Å². The summed E-state index contributed by atoms with van der Waals surface area (Å²) in [6, 6.07) is 0. The summed E-state index contributed by atoms with van der Waals surface area (Å²) < 4.78 is 27.1. The number of likely N-dealkylation sites (N-methyl/N-ethyl adjacent to an activating group) is 1. The van der Waals surface area contributed by atoms with Crippen molar-refractivity contribution in [2.45, 2.75) is 25.3 Å². The van der Waals surface area contributed by atoms with E-state index in [0.29, 0.717) is 35.9 Å². The molecule has 0 amide bonds. The molecule has 1 saturated heterocycles. The molecule has 1 aromatic rings. The summed E-state index contributed by atoms with van der Waals surface area (Å²) in [6.07, 6.45) is 0. The van der Waals surface area contributed by atoms with Crippen molar-refractivity contribution in [1.82, 2.24) is 24.7 Å². The van der Waals surface area contributed by atoms with E-state index >= 15 is 0 Å². The van der Waals surface area contributed by atoms with Crippen LogP contribution >= 0.6 is 0 Å². The van der Waals surface area contributed by atoms with E-state index in [4.69, 9.17) is 0 Å². The smallest absolute Gasteiger partial charge is 0.246 e. The first-order chi connectivity index (χ1) is 9.50. The zero-order valence-corrected chi connectivity index (χ0v) is 13.1. The number of rotatable bonds is 5. The van der Waals surface area contributed by atoms with Crippen molar-refractivity contribution < 1.29 is 8.42 Å². The second kappa shape index (κ2) is 6.21. The zero-order valence-electron chi connectivity index (χ0n) is 12.3. The Hall–Kier alpha value is -0.960. The highest BCUT2D eigenvalue weighted by Gasteiger charge is 2.32. The van der Waals surface area contributed by atoms with Gasteiger partial charge in [0.1, 0.15) is 4.90 Å². The molecular weight excluding hydrogens is 278 g/mol. The van der Waals surface area contributed by atoms with Gasteiger partial charge in [0.25, 0.3) is 0 Å². The summed E-state index contributed by atoms with van der Waals surface area (Å²) in [5.74, 6) is 0. The third-order valence-corrected chi connectivity index (χ3v) is 5.78. The van der Waals surface area contributed by atoms with Gasteiger partial charge in [-0.05, 0) is 20.5 Å². The molecule has 0 aliphatic carbocycles. The Morgan fingerprint density at radius 2 is 1.95 bits per heavy atom. The summed E-state index contributed by atoms with van der Waals surface area (Å²) in [5.41, 5.74) is 1.16. The summed E-state index contributed by atoms with van der Waals surface area (Å²) in [6.45, 7) is 7.90. The van der Waals surface area contributed by atoms with E-state index in [1.807, 2.05) is 0 Å². The molecule has 20 heavy (non-hydrogen) atoms. The largest absolute Gasteiger partial charge is 0.314 e. The predicted molar refractivity (Wildman–Crippen MR) is 77.0 cm³/mol. The maximum Gasteiger partial charge on any atom is 0.246 e. The molecule has 7 nitrogen and oxygen atoms in total. The second-order valence-corrected chi connectivity index (χ2v) is 6.87. The Kier molecular flexibility index (Phi) is 4.79. The Morgan fingerprint density at radius 1 is 1.30 bits per heavy atom. The highest BCUT2D eigenvalue weighted by molar-refractivity contribution is 7.89. The number of nitrogens with zero attached hydrogens (tertiary/aromatic N) is 3. The fraction of sp³-hybridized carbons (Fsp3) is 0.750. The van der Waals surface area contributed by atoms with E-state index in [1.165, 1.54) is 0 Å². The van der Waals surface area contributed by atoms with Crippen LogP contribution in [-0.4, -0.2) is 67.6 Å². The van der Waals surface area contributed by atoms with Gasteiger partial charge < -0.3 is 10.2 Å². The Bertz CT molecular complexity index is 546. The summed E-state index contributed by atoms with van der Waals surface area (Å²) in [7, 11) is -1.68. The van der Waals surface area contributed by atoms with Crippen molar-refractivity contribution in [1.29, 1.82) is 0 Å². The minimum absolute atomic E-state index is 0.330. The van der Waals surface area contributed by atoms with Crippen LogP contribution < -0.4 is 5.32 Å². The van der Waals surface area contributed by atoms with Gasteiger partial charge in [0.15, 0.2) is 0 Å². The lowest BCUT2D eigenvalue weighted by molar-refractivity contribution is 0.196. The topological polar surface area (TPSA) is 81.3 Å². The van der Waals surface area contributed by atoms with Gasteiger partial charge in [-0.3, -0.25) is 5.10 Å². The van der Waals surface area contributed by atoms with E-state index in [9.17, 15) is 8.42 Å². The van der Waals surface area contributed by atoms with Gasteiger partial charge in [-0.15, -0.1) is 0 Å². The van der Waals surface area contributed by atoms with Gasteiger partial charge in [-0.25, -0.2) is 8.42 Å². The van der Waals surface area contributed by atoms with Crippen LogP contribution in [0.4, 0.5) is 0 Å². The average Bonchev–Trinajstić information content (AvgIpc) is 2.81. The molecule has 2 heterocycles. The molecule has 1 aromatic heterocycles. The number of sulfonamides is 1. The number of nitrogens with one attached hydrogen (secondary N) is 2. The van der Waals surface area contributed by atoms with E-state index in [2.05, 4.69) is 27.3 Å². The molecule has 1 aliphatic heterocycles. The first-order valence-corrected chi connectivity index (χ1v) is 8.35. The number of hydrogen-bond donors (Lipinski definition) is 2. The fourth-order valence-electron chi connectivity index (χ4n) is 2.51. The Labute approximate surface area is 120 Å². The molecule has 0 spiro atoms. The molecule has 0 bridgehead atoms. The van der Waals surface area contributed by atoms with E-state index in [-0.39, 0.29) is 0 Å². The SMILES string of the molecule is CCN1CCN(S(=O)(=O)c2c(CNC)n[nH]c2C)CC1. The van der Waals surface area contributed by atoms with Crippen LogP contribution in [0.1, 0.15) is 18.3 Å². The lowest BCUT2D eigenvalue weighted by Gasteiger charge is -2.33. The molecule has 2 N–H and O–H groups in total. The molecule has 0 atom stereocenters. The predicted octanol–water partition coefficient (Wildman–Crippen LogP) is -0.236. The molecule has 114 valence electrons. The highest BCUT2D eigenvalue weighted by atomic mass is 32.2. The molecule has 1 aliphatic rings. The maximum absolute atomic E-state index is 12.8. The van der Waals surface area contributed by atoms with Crippen LogP contribution in [0.3, 0.4) is 0 Å². The normalized spacial score (nSPS) is 18.6. The number of aryl methyl sites for hydroxylation is 1. The molecule has 0 unspecified atom stereocenters. The first-order valence-electron chi connectivity index (χ1n) is 6.91. The van der Waals surface area contributed by atoms with Crippen molar-refractivity contribution >= 4 is 10.0 Å². The molecular formula is C12H23N5O2S. The third kappa shape index (κ3) is 2.88. The standard InChI is InChI=1S/C12H23N5O2S/c1-4-16-5-7-17(8-6-16)20(18,19)12-10(2)14-15-11(12)9-13-3/h13H,4-9H2,1-3H3,(H,14,15). The van der Waals surface area contributed by atoms with Gasteiger partial charge in [0.05, 0.1) is 11.4 Å². The summed E-state index contributed by atoms with van der Waals surface area (Å²) in [4.78, 5) is 2.58. The lowest BCUT2D eigenvalue weighted by Crippen LogP contribution is -2.48. The molecule has 0 saturated carbocycles. The van der Waals surface area contributed by atoms with Crippen LogP contribution in [0, 0.1) is 6.92 Å². The first kappa shape index (κ1) is 15.4. The van der Waals surface area contributed by atoms with Crippen molar-refractivity contribution in [2.75, 3.05) is 39.8 Å². The quantitative estimate of drug-likeness (QED) is 0.785. The number of H-pyrrole nitrogens is 1. The molecule has 0 aromatic carbocycles. The van der Waals surface area contributed by atoms with E-state index in [1.54, 1.807) is 18.3 Å². The Morgan fingerprint density at radius 3 is 2.50 bits per heavy atom. The minimum Gasteiger partial charge on any atom is -0.314 e. The molecule has 1 fully saturated rings. The van der Waals surface area contributed by atoms with Gasteiger partial charge in [-0.2, -0.15) is 9.40 Å². The highest BCUT2D eigenvalue weighted by Crippen LogP contribution is 2.23. The number of hydrogen-bond acceptors (Lipinski definition) is 5. The monoisotopic (exact) mass is 301 g/mol. The van der Waals surface area contributed by atoms with E-state index < -0.39 is 10.0 Å². The Balaban J connectivity index is 2.25. The number of piperazine rings is 1. The fourth-order valence-corrected chi connectivity index (χ4v) is 4.26. The van der Waals surface area contributed by atoms with Crippen LogP contribution in [-0.2, 0) is 16.6 Å². The van der Waals surface area contributed by atoms with Crippen molar-refractivity contribution in [2.24, 2.45) is 0 Å². The van der Waals surface area contributed by atoms with Crippen LogP contribution in [0.15, 0.2) is 4.90 Å². The summed E-state index contributed by atoms with van der Waals surface area (Å²) >= 11 is 0. The second-order valence-electron chi connectivity index (χ2n) is 4.99. The van der Waals surface area contributed by atoms with Gasteiger partial charge in [0, 0.05) is 32.7 Å². The van der Waals surface area contributed by atoms with Gasteiger partial charge in [-0.1, -0.05) is 6.92 Å². The molecule has 2 rings (SSSR count). The molecule has 0 radical (unpaired) electrons. The molecule has 8 heteroatoms. The van der Waals surface area contributed by atoms with Crippen LogP contribution in [0.2, 0.25) is 0 Å². The minimum atomic E-state index is -3.46. The number of aromatic nitrogens is 2. The summed E-state index contributed by atoms with van der Waals surface area (Å²) in [5, 5.41) is 9.83. The van der Waals surface area contributed by atoms with Crippen molar-refractivity contribution in [3.63, 3.8) is 0 Å². The maximum atomic E-state index is 12.8. The lowest BCUT2D eigenvalue weighted by atomic mass is 10.3. The van der Waals surface area contributed by atoms with Gasteiger partial charge in [0.2, 0.25) is 10.0 Å². The van der Waals surface area contributed by atoms with Crippen LogP contribution in [0.5, 0.6) is 0 Å². The van der Waals surface area contributed by atoms with Crippen LogP contribution in [0.25, 0.3) is 0 Å².